The van der Waals surface area contributed by atoms with Gasteiger partial charge in [0.1, 0.15) is 12.0 Å². The first-order chi connectivity index (χ1) is 11.7. The molecule has 0 bridgehead atoms. The zero-order valence-corrected chi connectivity index (χ0v) is 13.6. The van der Waals surface area contributed by atoms with Crippen LogP contribution >= 0.6 is 0 Å². The number of anilines is 4. The van der Waals surface area contributed by atoms with Crippen LogP contribution in [0.15, 0.2) is 61.1 Å². The van der Waals surface area contributed by atoms with Crippen LogP contribution < -0.4 is 9.80 Å². The molecule has 3 aromatic rings. The van der Waals surface area contributed by atoms with Gasteiger partial charge in [-0.3, -0.25) is 4.90 Å². The molecule has 0 amide bonds. The van der Waals surface area contributed by atoms with E-state index in [9.17, 15) is 0 Å². The lowest BCUT2D eigenvalue weighted by Crippen LogP contribution is -2.46. The van der Waals surface area contributed by atoms with Gasteiger partial charge in [-0.05, 0) is 23.8 Å². The van der Waals surface area contributed by atoms with E-state index in [0.717, 1.165) is 17.5 Å². The van der Waals surface area contributed by atoms with Crippen LogP contribution in [0.3, 0.4) is 0 Å². The van der Waals surface area contributed by atoms with Gasteiger partial charge in [0.15, 0.2) is 11.6 Å². The SMILES string of the molecule is CC1(C)c2ccccc2N2c3nccnc3N(c3ccccn3)C21. The number of pyridine rings is 1. The quantitative estimate of drug-likeness (QED) is 0.684. The molecule has 5 heteroatoms. The molecule has 0 saturated carbocycles. The van der Waals surface area contributed by atoms with Crippen LogP contribution in [0.2, 0.25) is 0 Å². The predicted octanol–water partition coefficient (Wildman–Crippen LogP) is 3.78. The maximum absolute atomic E-state index is 4.64. The Morgan fingerprint density at radius 2 is 1.50 bits per heavy atom. The van der Waals surface area contributed by atoms with E-state index in [-0.39, 0.29) is 11.6 Å². The minimum atomic E-state index is -0.0868. The fourth-order valence-electron chi connectivity index (χ4n) is 4.00. The Morgan fingerprint density at radius 1 is 0.792 bits per heavy atom. The number of aromatic nitrogens is 3. The van der Waals surface area contributed by atoms with Crippen LogP contribution in [0.5, 0.6) is 0 Å². The molecule has 2 aliphatic rings. The highest BCUT2D eigenvalue weighted by molar-refractivity contribution is 5.87. The van der Waals surface area contributed by atoms with Crippen molar-refractivity contribution < 1.29 is 0 Å². The van der Waals surface area contributed by atoms with E-state index in [4.69, 9.17) is 0 Å². The molecule has 0 N–H and O–H groups in total. The topological polar surface area (TPSA) is 45.2 Å². The number of rotatable bonds is 1. The normalized spacial score (nSPS) is 19.8. The zero-order chi connectivity index (χ0) is 16.3. The van der Waals surface area contributed by atoms with Crippen molar-refractivity contribution in [1.82, 2.24) is 15.0 Å². The molecule has 2 aliphatic heterocycles. The lowest BCUT2D eigenvalue weighted by atomic mass is 9.83. The highest BCUT2D eigenvalue weighted by Crippen LogP contribution is 2.56. The number of nitrogens with zero attached hydrogens (tertiary/aromatic N) is 5. The fraction of sp³-hybridized carbons (Fsp3) is 0.211. The standard InChI is InChI=1S/C19H17N5/c1-19(2)13-7-3-4-8-14(13)23-16-17(22-12-11-21-16)24(18(19)23)15-9-5-6-10-20-15/h3-12,18H,1-2H3. The molecule has 0 aliphatic carbocycles. The second-order valence-corrected chi connectivity index (χ2v) is 6.74. The first-order valence-electron chi connectivity index (χ1n) is 8.09. The number of hydrogen-bond acceptors (Lipinski definition) is 5. The molecule has 24 heavy (non-hydrogen) atoms. The highest BCUT2D eigenvalue weighted by Gasteiger charge is 2.54. The van der Waals surface area contributed by atoms with Gasteiger partial charge in [-0.25, -0.2) is 15.0 Å². The third kappa shape index (κ3) is 1.56. The summed E-state index contributed by atoms with van der Waals surface area (Å²) in [5, 5.41) is 0. The van der Waals surface area contributed by atoms with Gasteiger partial charge in [0.25, 0.3) is 0 Å². The summed E-state index contributed by atoms with van der Waals surface area (Å²) in [6.07, 6.45) is 5.40. The molecule has 4 heterocycles. The van der Waals surface area contributed by atoms with Crippen LogP contribution in [0, 0.1) is 0 Å². The molecule has 0 radical (unpaired) electrons. The molecule has 118 valence electrons. The van der Waals surface area contributed by atoms with Crippen molar-refractivity contribution in [3.05, 3.63) is 66.6 Å². The zero-order valence-electron chi connectivity index (χ0n) is 13.6. The van der Waals surface area contributed by atoms with Gasteiger partial charge in [0.05, 0.1) is 0 Å². The maximum atomic E-state index is 4.64. The minimum Gasteiger partial charge on any atom is -0.301 e. The summed E-state index contributed by atoms with van der Waals surface area (Å²) in [4.78, 5) is 18.3. The molecule has 2 aromatic heterocycles. The van der Waals surface area contributed by atoms with Gasteiger partial charge in [0.2, 0.25) is 0 Å². The Labute approximate surface area is 140 Å². The van der Waals surface area contributed by atoms with Crippen LogP contribution in [0.4, 0.5) is 23.1 Å². The second-order valence-electron chi connectivity index (χ2n) is 6.74. The van der Waals surface area contributed by atoms with Crippen molar-refractivity contribution in [2.75, 3.05) is 9.80 Å². The van der Waals surface area contributed by atoms with Gasteiger partial charge >= 0.3 is 0 Å². The Bertz CT molecular complexity index is 907. The predicted molar refractivity (Wildman–Crippen MR) is 93.8 cm³/mol. The van der Waals surface area contributed by atoms with Gasteiger partial charge in [-0.2, -0.15) is 0 Å². The number of hydrogen-bond donors (Lipinski definition) is 0. The summed E-state index contributed by atoms with van der Waals surface area (Å²) >= 11 is 0. The van der Waals surface area contributed by atoms with E-state index < -0.39 is 0 Å². The molecule has 1 unspecified atom stereocenters. The van der Waals surface area contributed by atoms with Crippen molar-refractivity contribution in [3.63, 3.8) is 0 Å². The van der Waals surface area contributed by atoms with Crippen molar-refractivity contribution in [3.8, 4) is 0 Å². The first-order valence-corrected chi connectivity index (χ1v) is 8.09. The van der Waals surface area contributed by atoms with Gasteiger partial charge in [-0.1, -0.05) is 38.1 Å². The number of fused-ring (bicyclic) bond motifs is 5. The first kappa shape index (κ1) is 13.5. The maximum Gasteiger partial charge on any atom is 0.179 e. The lowest BCUT2D eigenvalue weighted by molar-refractivity contribution is 0.448. The summed E-state index contributed by atoms with van der Waals surface area (Å²) < 4.78 is 0. The van der Waals surface area contributed by atoms with E-state index in [1.54, 1.807) is 12.4 Å². The largest absolute Gasteiger partial charge is 0.301 e. The molecule has 5 nitrogen and oxygen atoms in total. The molecule has 1 atom stereocenters. The summed E-state index contributed by atoms with van der Waals surface area (Å²) in [6, 6.07) is 14.5. The average molecular weight is 315 g/mol. The summed E-state index contributed by atoms with van der Waals surface area (Å²) in [6.45, 7) is 4.55. The van der Waals surface area contributed by atoms with E-state index in [0.29, 0.717) is 0 Å². The second kappa shape index (κ2) is 4.54. The smallest absolute Gasteiger partial charge is 0.179 e. The summed E-state index contributed by atoms with van der Waals surface area (Å²) in [5.41, 5.74) is 2.44. The van der Waals surface area contributed by atoms with E-state index >= 15 is 0 Å². The highest BCUT2D eigenvalue weighted by atomic mass is 15.5. The minimum absolute atomic E-state index is 0.0715. The number of para-hydroxylation sites is 1. The molecular formula is C19H17N5. The van der Waals surface area contributed by atoms with Crippen LogP contribution in [-0.4, -0.2) is 21.1 Å². The van der Waals surface area contributed by atoms with Gasteiger partial charge in [-0.15, -0.1) is 0 Å². The Morgan fingerprint density at radius 3 is 2.25 bits per heavy atom. The summed E-state index contributed by atoms with van der Waals surface area (Å²) in [7, 11) is 0. The Kier molecular flexibility index (Phi) is 2.55. The molecule has 5 rings (SSSR count). The van der Waals surface area contributed by atoms with E-state index in [1.807, 2.05) is 24.4 Å². The Balaban J connectivity index is 1.80. The molecule has 1 aromatic carbocycles. The summed E-state index contributed by atoms with van der Waals surface area (Å²) in [5.74, 6) is 2.66. The van der Waals surface area contributed by atoms with Crippen molar-refractivity contribution >= 4 is 23.1 Å². The third-order valence-electron chi connectivity index (χ3n) is 5.01. The van der Waals surface area contributed by atoms with Crippen LogP contribution in [0.1, 0.15) is 19.4 Å². The van der Waals surface area contributed by atoms with Gasteiger partial charge < -0.3 is 4.90 Å². The molecule has 0 spiro atoms. The van der Waals surface area contributed by atoms with E-state index in [1.165, 1.54) is 11.3 Å². The van der Waals surface area contributed by atoms with Crippen molar-refractivity contribution in [2.24, 2.45) is 0 Å². The molecule has 0 saturated heterocycles. The monoisotopic (exact) mass is 315 g/mol. The lowest BCUT2D eigenvalue weighted by Gasteiger charge is -2.35. The van der Waals surface area contributed by atoms with Crippen LogP contribution in [0.25, 0.3) is 0 Å². The van der Waals surface area contributed by atoms with Crippen LogP contribution in [-0.2, 0) is 5.41 Å². The third-order valence-corrected chi connectivity index (χ3v) is 5.01. The number of benzene rings is 1. The Hall–Kier alpha value is -2.95. The van der Waals surface area contributed by atoms with Gasteiger partial charge in [0, 0.05) is 29.7 Å². The fourth-order valence-corrected chi connectivity index (χ4v) is 4.00. The molecular weight excluding hydrogens is 298 g/mol. The average Bonchev–Trinajstić information content (AvgIpc) is 3.08. The van der Waals surface area contributed by atoms with E-state index in [2.05, 4.69) is 62.9 Å². The van der Waals surface area contributed by atoms with Crippen molar-refractivity contribution in [2.45, 2.75) is 25.4 Å². The molecule has 0 fully saturated rings. The van der Waals surface area contributed by atoms with Crippen molar-refractivity contribution in [1.29, 1.82) is 0 Å².